The number of rotatable bonds is 22. The first-order chi connectivity index (χ1) is 51.6. The summed E-state index contributed by atoms with van der Waals surface area (Å²) in [5.74, 6) is 5.46. The third kappa shape index (κ3) is 12.7. The maximum atomic E-state index is 5.65. The Morgan fingerprint density at radius 3 is 0.543 bits per heavy atom. The van der Waals surface area contributed by atoms with Gasteiger partial charge < -0.3 is 61.9 Å². The van der Waals surface area contributed by atoms with Crippen molar-refractivity contribution in [3.05, 3.63) is 321 Å². The first-order valence-corrected chi connectivity index (χ1v) is 34.7. The van der Waals surface area contributed by atoms with Crippen LogP contribution in [-0.4, -0.2) is 58.9 Å². The Hall–Kier alpha value is -13.5. The van der Waals surface area contributed by atoms with Gasteiger partial charge in [-0.1, -0.05) is 42.0 Å². The lowest BCUT2D eigenvalue weighted by molar-refractivity contribution is 0.414. The molecule has 0 atom stereocenters. The summed E-state index contributed by atoms with van der Waals surface area (Å²) >= 11 is 0. The number of benzene rings is 14. The summed E-state index contributed by atoms with van der Waals surface area (Å²) < 4.78 is 44.3. The minimum Gasteiger partial charge on any atom is -0.497 e. The lowest BCUT2D eigenvalue weighted by atomic mass is 10.0. The normalized spacial score (nSPS) is 11.2. The molecule has 14 aromatic carbocycles. The first kappa shape index (κ1) is 66.1. The van der Waals surface area contributed by atoms with E-state index in [0.29, 0.717) is 0 Å². The van der Waals surface area contributed by atoms with Crippen molar-refractivity contribution in [3.63, 3.8) is 0 Å². The van der Waals surface area contributed by atoms with Gasteiger partial charge in [0, 0.05) is 101 Å². The highest BCUT2D eigenvalue weighted by molar-refractivity contribution is 6.14. The molecule has 0 aliphatic rings. The maximum absolute atomic E-state index is 5.65. The van der Waals surface area contributed by atoms with Crippen molar-refractivity contribution in [2.45, 2.75) is 6.92 Å². The van der Waals surface area contributed by atoms with E-state index in [4.69, 9.17) is 33.2 Å². The van der Waals surface area contributed by atoms with Crippen LogP contribution in [0.3, 0.4) is 0 Å². The molecule has 0 fully saturated rings. The molecule has 2 aromatic heterocycles. The Morgan fingerprint density at radius 2 is 0.362 bits per heavy atom. The Balaban J connectivity index is 0.814. The quantitative estimate of drug-likeness (QED) is 0.0650. The molecule has 0 radical (unpaired) electrons. The zero-order chi connectivity index (χ0) is 71.7. The third-order valence-corrected chi connectivity index (χ3v) is 19.7. The highest BCUT2D eigenvalue weighted by atomic mass is 16.5. The second kappa shape index (κ2) is 28.5. The van der Waals surface area contributed by atoms with Crippen LogP contribution < -0.4 is 52.8 Å². The zero-order valence-electron chi connectivity index (χ0n) is 59.6. The highest BCUT2D eigenvalue weighted by Crippen LogP contribution is 2.47. The third-order valence-electron chi connectivity index (χ3n) is 19.7. The number of fused-ring (bicyclic) bond motifs is 6. The second-order valence-corrected chi connectivity index (χ2v) is 25.6. The molecule has 0 saturated heterocycles. The molecule has 105 heavy (non-hydrogen) atoms. The van der Waals surface area contributed by atoms with E-state index in [-0.39, 0.29) is 0 Å². The van der Waals surface area contributed by atoms with Crippen molar-refractivity contribution in [2.24, 2.45) is 0 Å². The van der Waals surface area contributed by atoms with Crippen molar-refractivity contribution in [1.82, 2.24) is 9.13 Å². The van der Waals surface area contributed by atoms with Gasteiger partial charge in [-0.05, 0) is 297 Å². The Kier molecular flexibility index (Phi) is 17.9. The van der Waals surface area contributed by atoms with E-state index in [9.17, 15) is 0 Å². The molecule has 0 aliphatic heterocycles. The zero-order valence-corrected chi connectivity index (χ0v) is 59.6. The van der Waals surface area contributed by atoms with E-state index in [1.54, 1.807) is 49.8 Å². The summed E-state index contributed by atoms with van der Waals surface area (Å²) in [6, 6.07) is 111. The Bertz CT molecular complexity index is 5450. The molecular formula is C92H76N6O7. The number of hydrogen-bond donors (Lipinski definition) is 0. The summed E-state index contributed by atoms with van der Waals surface area (Å²) in [6.07, 6.45) is 0. The Morgan fingerprint density at radius 1 is 0.190 bits per heavy atom. The van der Waals surface area contributed by atoms with Crippen LogP contribution >= 0.6 is 0 Å². The average Bonchev–Trinajstić information content (AvgIpc) is 1.59. The van der Waals surface area contributed by atoms with Crippen LogP contribution in [0.4, 0.5) is 68.2 Å². The molecule has 13 nitrogen and oxygen atoms in total. The van der Waals surface area contributed by atoms with Crippen LogP contribution in [0.5, 0.6) is 40.2 Å². The fourth-order valence-electron chi connectivity index (χ4n) is 14.3. The van der Waals surface area contributed by atoms with Crippen molar-refractivity contribution in [1.29, 1.82) is 0 Å². The number of aryl methyl sites for hydroxylation is 1. The van der Waals surface area contributed by atoms with Crippen molar-refractivity contribution >= 4 is 112 Å². The summed E-state index contributed by atoms with van der Waals surface area (Å²) in [4.78, 5) is 9.13. The van der Waals surface area contributed by atoms with Crippen molar-refractivity contribution in [3.8, 4) is 62.7 Å². The van der Waals surface area contributed by atoms with Crippen molar-refractivity contribution < 1.29 is 33.2 Å². The van der Waals surface area contributed by atoms with E-state index in [0.717, 1.165) is 175 Å². The van der Waals surface area contributed by atoms with Gasteiger partial charge in [-0.3, -0.25) is 0 Å². The van der Waals surface area contributed by atoms with Crippen LogP contribution in [-0.2, 0) is 0 Å². The van der Waals surface area contributed by atoms with Crippen LogP contribution in [0.25, 0.3) is 66.1 Å². The molecule has 2 heterocycles. The molecule has 516 valence electrons. The maximum Gasteiger partial charge on any atom is 0.119 e. The lowest BCUT2D eigenvalue weighted by Gasteiger charge is -2.26. The topological polar surface area (TPSA) is 87.4 Å². The molecule has 16 rings (SSSR count). The number of nitrogens with zero attached hydrogens (tertiary/aromatic N) is 6. The van der Waals surface area contributed by atoms with E-state index < -0.39 is 0 Å². The average molecular weight is 1380 g/mol. The molecule has 0 saturated carbocycles. The molecule has 0 spiro atoms. The summed E-state index contributed by atoms with van der Waals surface area (Å²) in [5, 5.41) is 4.33. The minimum absolute atomic E-state index is 0.776. The number of aromatic nitrogens is 2. The molecule has 0 unspecified atom stereocenters. The van der Waals surface area contributed by atoms with Gasteiger partial charge >= 0.3 is 0 Å². The standard InChI is InChI=1S/C92H76N6O7/c1-61-9-15-64(16-10-61)93(65-21-39-78(99-2)40-22-65)74-35-53-89-85(57-74)86-58-75(94(66-23-41-79(100-3)42-24-66)67-25-43-80(101-4)44-26-67)36-54-90(86)97(89)72-17-11-62(12-18-72)63-13-19-73(20-14-63)98-91-55-37-76(95(68-27-45-81(102-5)46-28-68)69-29-47-82(103-6)48-30-69)59-87(91)88-60-77(38-56-92(88)98)96(70-31-49-83(104-7)50-32-70)71-33-51-84(105-8)52-34-71/h9-60H,1-8H3. The number of hydrogen-bond acceptors (Lipinski definition) is 11. The predicted octanol–water partition coefficient (Wildman–Crippen LogP) is 23.8. The van der Waals surface area contributed by atoms with E-state index in [1.807, 2.05) is 84.9 Å². The fraction of sp³-hybridized carbons (Fsp3) is 0.0870. The predicted molar refractivity (Wildman–Crippen MR) is 430 cm³/mol. The largest absolute Gasteiger partial charge is 0.497 e. The van der Waals surface area contributed by atoms with Crippen LogP contribution in [0.15, 0.2) is 315 Å². The van der Waals surface area contributed by atoms with E-state index >= 15 is 0 Å². The molecule has 13 heteroatoms. The molecule has 0 N–H and O–H groups in total. The smallest absolute Gasteiger partial charge is 0.119 e. The SMILES string of the molecule is COc1ccc(N(c2ccc(C)cc2)c2ccc3c(c2)c2cc(N(c4ccc(OC)cc4)c4ccc(OC)cc4)ccc2n3-c2ccc(-c3ccc(-n4c5ccc(N(c6ccc(OC)cc6)c6ccc(OC)cc6)cc5c5cc(N(c6ccc(OC)cc6)c6ccc(OC)cc6)ccc54)cc3)cc2)cc1. The van der Waals surface area contributed by atoms with Gasteiger partial charge in [0.25, 0.3) is 0 Å². The number of anilines is 12. The van der Waals surface area contributed by atoms with E-state index in [1.165, 1.54) is 5.56 Å². The van der Waals surface area contributed by atoms with Gasteiger partial charge in [-0.25, -0.2) is 0 Å². The second-order valence-electron chi connectivity index (χ2n) is 25.6. The van der Waals surface area contributed by atoms with Crippen molar-refractivity contribution in [2.75, 3.05) is 69.4 Å². The first-order valence-electron chi connectivity index (χ1n) is 34.7. The van der Waals surface area contributed by atoms with Crippen LogP contribution in [0, 0.1) is 6.92 Å². The molecule has 0 amide bonds. The van der Waals surface area contributed by atoms with E-state index in [2.05, 4.69) is 266 Å². The van der Waals surface area contributed by atoms with Crippen LogP contribution in [0.2, 0.25) is 0 Å². The number of ether oxygens (including phenoxy) is 7. The molecular weight excluding hydrogens is 1300 g/mol. The highest BCUT2D eigenvalue weighted by Gasteiger charge is 2.24. The Labute approximate surface area is 610 Å². The van der Waals surface area contributed by atoms with Gasteiger partial charge in [0.05, 0.1) is 71.8 Å². The molecule has 0 aliphatic carbocycles. The number of methoxy groups -OCH3 is 7. The monoisotopic (exact) mass is 1380 g/mol. The summed E-state index contributed by atoms with van der Waals surface area (Å²) in [6.45, 7) is 2.12. The summed E-state index contributed by atoms with van der Waals surface area (Å²) in [7, 11) is 11.9. The van der Waals surface area contributed by atoms with Gasteiger partial charge in [-0.2, -0.15) is 0 Å². The van der Waals surface area contributed by atoms with Gasteiger partial charge in [0.2, 0.25) is 0 Å². The fourth-order valence-corrected chi connectivity index (χ4v) is 14.3. The summed E-state index contributed by atoms with van der Waals surface area (Å²) in [5.41, 5.74) is 21.5. The van der Waals surface area contributed by atoms with Gasteiger partial charge in [0.1, 0.15) is 40.2 Å². The molecule has 16 aromatic rings. The molecule has 0 bridgehead atoms. The minimum atomic E-state index is 0.776. The van der Waals surface area contributed by atoms with Crippen LogP contribution in [0.1, 0.15) is 5.56 Å². The van der Waals surface area contributed by atoms with Gasteiger partial charge in [-0.15, -0.1) is 0 Å². The lowest BCUT2D eigenvalue weighted by Crippen LogP contribution is -2.10. The van der Waals surface area contributed by atoms with Gasteiger partial charge in [0.15, 0.2) is 0 Å².